The molecule has 0 radical (unpaired) electrons. The maximum atomic E-state index is 14.4. The molecule has 3 aromatic rings. The first-order chi connectivity index (χ1) is 19.1. The highest BCUT2D eigenvalue weighted by Crippen LogP contribution is 2.33. The van der Waals surface area contributed by atoms with E-state index in [0.717, 1.165) is 20.5 Å². The molecule has 11 nitrogen and oxygen atoms in total. The van der Waals surface area contributed by atoms with Crippen LogP contribution in [0.3, 0.4) is 0 Å². The van der Waals surface area contributed by atoms with Crippen LogP contribution in [0.1, 0.15) is 61.5 Å². The molecule has 0 fully saturated rings. The molecule has 0 aliphatic heterocycles. The zero-order chi connectivity index (χ0) is 30.8. The number of methoxy groups -OCH3 is 1. The Kier molecular flexibility index (Phi) is 9.40. The molecular weight excluding hydrogens is 555 g/mol. The second-order valence-corrected chi connectivity index (χ2v) is 11.5. The summed E-state index contributed by atoms with van der Waals surface area (Å²) in [5.74, 6) is -2.77. The van der Waals surface area contributed by atoms with Crippen LogP contribution in [0.25, 0.3) is 10.2 Å². The van der Waals surface area contributed by atoms with E-state index in [4.69, 9.17) is 9.47 Å². The predicted molar refractivity (Wildman–Crippen MR) is 151 cm³/mol. The third kappa shape index (κ3) is 6.18. The number of nitrogens with one attached hydrogen (secondary N) is 1. The molecule has 0 aliphatic carbocycles. The standard InChI is InChI=1S/C28H33FN4O7S/c1-14(2)31-26(37)28(5,6)33-23(34)21-16(4)22(25(35)36)41-24(21)32(27(33)38)12-20(40-13-15(3)11-30)18-10-17(29)8-9-19(18)39-7/h8-10,14-15,20H,12-13H2,1-7H3,(H,31,37)(H,35,36). The van der Waals surface area contributed by atoms with Crippen molar-refractivity contribution in [3.8, 4) is 11.8 Å². The summed E-state index contributed by atoms with van der Waals surface area (Å²) in [6.07, 6.45) is -1.06. The summed E-state index contributed by atoms with van der Waals surface area (Å²) in [6, 6.07) is 5.54. The Hall–Kier alpha value is -4.02. The van der Waals surface area contributed by atoms with Crippen LogP contribution in [0.15, 0.2) is 27.8 Å². The fraction of sp³-hybridized carbons (Fsp3) is 0.464. The Morgan fingerprint density at radius 1 is 1.24 bits per heavy atom. The van der Waals surface area contributed by atoms with E-state index >= 15 is 0 Å². The summed E-state index contributed by atoms with van der Waals surface area (Å²) in [4.78, 5) is 53.0. The number of thiophene rings is 1. The van der Waals surface area contributed by atoms with Crippen LogP contribution in [-0.4, -0.2) is 45.9 Å². The summed E-state index contributed by atoms with van der Waals surface area (Å²) in [7, 11) is 1.38. The second-order valence-electron chi connectivity index (χ2n) is 10.5. The molecule has 0 aliphatic rings. The fourth-order valence-electron chi connectivity index (χ4n) is 4.41. The highest BCUT2D eigenvalue weighted by molar-refractivity contribution is 7.20. The maximum Gasteiger partial charge on any atom is 0.346 e. The van der Waals surface area contributed by atoms with Crippen molar-refractivity contribution in [3.05, 3.63) is 60.9 Å². The number of hydrogen-bond acceptors (Lipinski definition) is 8. The van der Waals surface area contributed by atoms with E-state index < -0.39 is 46.5 Å². The summed E-state index contributed by atoms with van der Waals surface area (Å²) >= 11 is 0.741. The van der Waals surface area contributed by atoms with E-state index in [2.05, 4.69) is 11.4 Å². The Morgan fingerprint density at radius 2 is 1.90 bits per heavy atom. The topological polar surface area (TPSA) is 153 Å². The van der Waals surface area contributed by atoms with Gasteiger partial charge in [0.15, 0.2) is 0 Å². The van der Waals surface area contributed by atoms with Gasteiger partial charge in [-0.1, -0.05) is 0 Å². The number of carbonyl (C=O) groups excluding carboxylic acids is 1. The average Bonchev–Trinajstić information content (AvgIpc) is 3.25. The van der Waals surface area contributed by atoms with Crippen molar-refractivity contribution < 1.29 is 28.6 Å². The van der Waals surface area contributed by atoms with Gasteiger partial charge in [0, 0.05) is 11.6 Å². The molecule has 220 valence electrons. The molecule has 2 heterocycles. The molecule has 2 unspecified atom stereocenters. The van der Waals surface area contributed by atoms with Gasteiger partial charge in [0.25, 0.3) is 5.56 Å². The third-order valence-corrected chi connectivity index (χ3v) is 7.90. The number of carbonyl (C=O) groups is 2. The van der Waals surface area contributed by atoms with Crippen LogP contribution in [0.4, 0.5) is 4.39 Å². The number of rotatable bonds is 11. The van der Waals surface area contributed by atoms with E-state index in [9.17, 15) is 33.9 Å². The number of aromatic nitrogens is 2. The molecule has 2 N–H and O–H groups in total. The second kappa shape index (κ2) is 12.2. The Bertz CT molecular complexity index is 1650. The van der Waals surface area contributed by atoms with Crippen molar-refractivity contribution in [2.24, 2.45) is 5.92 Å². The Balaban J connectivity index is 2.39. The van der Waals surface area contributed by atoms with Crippen LogP contribution in [0.2, 0.25) is 0 Å². The summed E-state index contributed by atoms with van der Waals surface area (Å²) < 4.78 is 27.8. The van der Waals surface area contributed by atoms with Gasteiger partial charge in [-0.3, -0.25) is 14.2 Å². The van der Waals surface area contributed by atoms with Crippen LogP contribution in [-0.2, 0) is 21.6 Å². The zero-order valence-corrected chi connectivity index (χ0v) is 24.7. The molecule has 2 atom stereocenters. The molecule has 0 spiro atoms. The molecule has 0 saturated carbocycles. The first kappa shape index (κ1) is 31.5. The first-order valence-corrected chi connectivity index (χ1v) is 13.7. The molecule has 41 heavy (non-hydrogen) atoms. The lowest BCUT2D eigenvalue weighted by Crippen LogP contribution is -2.56. The number of hydrogen-bond donors (Lipinski definition) is 2. The van der Waals surface area contributed by atoms with Gasteiger partial charge in [0.2, 0.25) is 5.91 Å². The highest BCUT2D eigenvalue weighted by atomic mass is 32.1. The van der Waals surface area contributed by atoms with Crippen molar-refractivity contribution in [3.63, 3.8) is 0 Å². The van der Waals surface area contributed by atoms with Gasteiger partial charge in [-0.15, -0.1) is 11.3 Å². The molecule has 1 amide bonds. The Labute approximate surface area is 239 Å². The van der Waals surface area contributed by atoms with Gasteiger partial charge in [-0.25, -0.2) is 18.5 Å². The minimum absolute atomic E-state index is 0.0345. The number of benzene rings is 1. The molecule has 1 aromatic carbocycles. The summed E-state index contributed by atoms with van der Waals surface area (Å²) in [6.45, 7) is 9.00. The van der Waals surface area contributed by atoms with Crippen LogP contribution in [0, 0.1) is 30.0 Å². The lowest BCUT2D eigenvalue weighted by atomic mass is 10.0. The smallest absolute Gasteiger partial charge is 0.346 e. The monoisotopic (exact) mass is 588 g/mol. The first-order valence-electron chi connectivity index (χ1n) is 12.8. The molecule has 0 saturated heterocycles. The molecular formula is C28H33FN4O7S. The van der Waals surface area contributed by atoms with Gasteiger partial charge in [-0.2, -0.15) is 5.26 Å². The lowest BCUT2D eigenvalue weighted by Gasteiger charge is -2.28. The van der Waals surface area contributed by atoms with Crippen LogP contribution >= 0.6 is 11.3 Å². The number of fused-ring (bicyclic) bond motifs is 1. The van der Waals surface area contributed by atoms with E-state index in [-0.39, 0.29) is 51.2 Å². The van der Waals surface area contributed by atoms with Gasteiger partial charge in [-0.05, 0) is 65.3 Å². The zero-order valence-electron chi connectivity index (χ0n) is 23.9. The molecule has 2 aromatic heterocycles. The fourth-order valence-corrected chi connectivity index (χ4v) is 5.55. The third-order valence-electron chi connectivity index (χ3n) is 6.60. The van der Waals surface area contributed by atoms with Crippen molar-refractivity contribution in [2.45, 2.75) is 65.8 Å². The molecule has 0 bridgehead atoms. The molecule has 13 heteroatoms. The van der Waals surface area contributed by atoms with Crippen molar-refractivity contribution in [1.29, 1.82) is 5.26 Å². The number of amides is 1. The lowest BCUT2D eigenvalue weighted by molar-refractivity contribution is -0.129. The Morgan fingerprint density at radius 3 is 2.46 bits per heavy atom. The summed E-state index contributed by atoms with van der Waals surface area (Å²) in [5, 5.41) is 21.8. The predicted octanol–water partition coefficient (Wildman–Crippen LogP) is 3.56. The van der Waals surface area contributed by atoms with E-state index in [1.165, 1.54) is 46.1 Å². The maximum absolute atomic E-state index is 14.4. The average molecular weight is 589 g/mol. The number of ether oxygens (including phenoxy) is 2. The number of aromatic carboxylic acids is 1. The number of nitriles is 1. The SMILES string of the molecule is COc1ccc(F)cc1C(Cn1c(=O)n(C(C)(C)C(=O)NC(C)C)c(=O)c2c(C)c(C(=O)O)sc21)OCC(C)C#N. The van der Waals surface area contributed by atoms with Crippen LogP contribution < -0.4 is 21.3 Å². The number of aryl methyl sites for hydroxylation is 1. The highest BCUT2D eigenvalue weighted by Gasteiger charge is 2.36. The number of nitrogens with zero attached hydrogens (tertiary/aromatic N) is 3. The van der Waals surface area contributed by atoms with Crippen LogP contribution in [0.5, 0.6) is 5.75 Å². The van der Waals surface area contributed by atoms with E-state index in [1.807, 2.05) is 0 Å². The number of carboxylic acid groups (broad SMARTS) is 1. The van der Waals surface area contributed by atoms with E-state index in [0.29, 0.717) is 0 Å². The van der Waals surface area contributed by atoms with Crippen molar-refractivity contribution in [1.82, 2.24) is 14.5 Å². The van der Waals surface area contributed by atoms with Crippen molar-refractivity contribution >= 4 is 33.4 Å². The van der Waals surface area contributed by atoms with E-state index in [1.54, 1.807) is 20.8 Å². The quantitative estimate of drug-likeness (QED) is 0.345. The minimum Gasteiger partial charge on any atom is -0.496 e. The van der Waals surface area contributed by atoms with Crippen molar-refractivity contribution in [2.75, 3.05) is 13.7 Å². The number of halogens is 1. The van der Waals surface area contributed by atoms with Gasteiger partial charge in [0.1, 0.15) is 32.9 Å². The van der Waals surface area contributed by atoms with Gasteiger partial charge in [0.05, 0.1) is 37.6 Å². The van der Waals surface area contributed by atoms with Gasteiger partial charge >= 0.3 is 11.7 Å². The summed E-state index contributed by atoms with van der Waals surface area (Å²) in [5.41, 5.74) is -3.00. The largest absolute Gasteiger partial charge is 0.496 e. The normalized spacial score (nSPS) is 13.2. The number of carboxylic acids is 1. The minimum atomic E-state index is -1.67. The molecule has 3 rings (SSSR count). The van der Waals surface area contributed by atoms with Gasteiger partial charge < -0.3 is 19.9 Å².